The van der Waals surface area contributed by atoms with Crippen LogP contribution in [0.15, 0.2) is 59.1 Å². The number of ether oxygens (including phenoxy) is 1. The van der Waals surface area contributed by atoms with Crippen molar-refractivity contribution in [3.8, 4) is 17.0 Å². The van der Waals surface area contributed by atoms with E-state index < -0.39 is 17.3 Å². The highest BCUT2D eigenvalue weighted by atomic mass is 35.5. The fourth-order valence-corrected chi connectivity index (χ4v) is 5.44. The molecule has 0 bridgehead atoms. The second kappa shape index (κ2) is 10.0. The maximum absolute atomic E-state index is 14.0. The van der Waals surface area contributed by atoms with Gasteiger partial charge in [-0.2, -0.15) is 0 Å². The van der Waals surface area contributed by atoms with Crippen LogP contribution in [0.4, 0.5) is 15.8 Å². The number of aryl methyl sites for hydroxylation is 1. The quantitative estimate of drug-likeness (QED) is 0.248. The van der Waals surface area contributed by atoms with Crippen LogP contribution in [0.5, 0.6) is 5.75 Å². The maximum atomic E-state index is 14.0. The van der Waals surface area contributed by atoms with Crippen LogP contribution in [-0.4, -0.2) is 22.1 Å². The van der Waals surface area contributed by atoms with Gasteiger partial charge in [0.1, 0.15) is 29.6 Å². The Labute approximate surface area is 232 Å². The zero-order valence-corrected chi connectivity index (χ0v) is 21.9. The van der Waals surface area contributed by atoms with Crippen molar-refractivity contribution in [1.82, 2.24) is 5.16 Å². The minimum Gasteiger partial charge on any atom is -0.489 e. The number of carbonyl (C=O) groups is 2. The van der Waals surface area contributed by atoms with Crippen molar-refractivity contribution in [1.29, 1.82) is 0 Å². The van der Waals surface area contributed by atoms with Gasteiger partial charge in [0, 0.05) is 23.6 Å². The molecular weight excluding hydrogens is 546 g/mol. The van der Waals surface area contributed by atoms with E-state index in [1.165, 1.54) is 17.0 Å². The Kier molecular flexibility index (Phi) is 6.53. The van der Waals surface area contributed by atoms with Gasteiger partial charge < -0.3 is 14.4 Å². The van der Waals surface area contributed by atoms with E-state index in [9.17, 15) is 19.1 Å². The molecule has 7 nitrogen and oxygen atoms in total. The molecule has 2 aliphatic rings. The number of benzene rings is 3. The number of anilines is 2. The predicted molar refractivity (Wildman–Crippen MR) is 144 cm³/mol. The number of rotatable bonds is 7. The van der Waals surface area contributed by atoms with Gasteiger partial charge in [-0.1, -0.05) is 34.4 Å². The zero-order valence-electron chi connectivity index (χ0n) is 20.4. The fraction of sp³-hybridized carbons (Fsp3) is 0.207. The van der Waals surface area contributed by atoms with E-state index in [0.717, 1.165) is 35.8 Å². The summed E-state index contributed by atoms with van der Waals surface area (Å²) in [5, 5.41) is 14.5. The molecule has 3 aromatic carbocycles. The molecule has 10 heteroatoms. The molecule has 1 fully saturated rings. The van der Waals surface area contributed by atoms with Crippen LogP contribution in [0.1, 0.15) is 52.4 Å². The fourth-order valence-electron chi connectivity index (χ4n) is 4.86. The Balaban J connectivity index is 1.30. The number of carboxylic acid groups (broad SMARTS) is 1. The van der Waals surface area contributed by atoms with Crippen LogP contribution in [0.25, 0.3) is 11.3 Å². The van der Waals surface area contributed by atoms with E-state index in [0.29, 0.717) is 39.2 Å². The van der Waals surface area contributed by atoms with Crippen LogP contribution in [0, 0.1) is 5.82 Å². The minimum absolute atomic E-state index is 0.174. The van der Waals surface area contributed by atoms with Crippen molar-refractivity contribution in [2.24, 2.45) is 0 Å². The number of amides is 1. The first kappa shape index (κ1) is 25.4. The van der Waals surface area contributed by atoms with Gasteiger partial charge in [0.05, 0.1) is 26.9 Å². The molecule has 1 N–H and O–H groups in total. The van der Waals surface area contributed by atoms with Crippen molar-refractivity contribution in [3.63, 3.8) is 0 Å². The molecule has 0 saturated heterocycles. The van der Waals surface area contributed by atoms with Crippen molar-refractivity contribution in [3.05, 3.63) is 92.9 Å². The normalized spacial score (nSPS) is 14.8. The van der Waals surface area contributed by atoms with Crippen LogP contribution in [0.2, 0.25) is 10.0 Å². The summed E-state index contributed by atoms with van der Waals surface area (Å²) in [6.07, 6.45) is 2.71. The molecule has 0 unspecified atom stereocenters. The lowest BCUT2D eigenvalue weighted by atomic mass is 9.99. The van der Waals surface area contributed by atoms with Crippen molar-refractivity contribution >= 4 is 46.5 Å². The standard InChI is InChI=1S/C29H21Cl2FN2O5/c30-21-2-1-3-22(31)26(21)27-20(28(39-33-27)15-4-5-15)14-38-18-8-10-24-16(12-18)6-11-25(35)34(24)17-7-9-23(32)19(13-17)29(36)37/h1-3,7-10,12-13,15H,4-6,11,14H2,(H,36,37). The van der Waals surface area contributed by atoms with Gasteiger partial charge in [-0.05, 0) is 73.4 Å². The highest BCUT2D eigenvalue weighted by molar-refractivity contribution is 6.39. The third-order valence-corrected chi connectivity index (χ3v) is 7.57. The van der Waals surface area contributed by atoms with Crippen LogP contribution < -0.4 is 9.64 Å². The summed E-state index contributed by atoms with van der Waals surface area (Å²) in [7, 11) is 0. The molecule has 1 aliphatic carbocycles. The SMILES string of the molecule is O=C(O)c1cc(N2C(=O)CCc3cc(OCc4c(-c5c(Cl)cccc5Cl)noc4C4CC4)ccc32)ccc1F. The highest BCUT2D eigenvalue weighted by Gasteiger charge is 2.34. The number of halogens is 3. The molecular formula is C29H21Cl2FN2O5. The molecule has 198 valence electrons. The smallest absolute Gasteiger partial charge is 0.338 e. The molecule has 0 spiro atoms. The average molecular weight is 567 g/mol. The van der Waals surface area contributed by atoms with Crippen molar-refractivity contribution in [2.45, 2.75) is 38.2 Å². The van der Waals surface area contributed by atoms with E-state index in [1.807, 2.05) is 6.07 Å². The number of aromatic nitrogens is 1. The topological polar surface area (TPSA) is 92.9 Å². The summed E-state index contributed by atoms with van der Waals surface area (Å²) in [4.78, 5) is 25.7. The van der Waals surface area contributed by atoms with E-state index in [2.05, 4.69) is 5.16 Å². The number of hydrogen-bond donors (Lipinski definition) is 1. The van der Waals surface area contributed by atoms with Crippen molar-refractivity contribution in [2.75, 3.05) is 4.90 Å². The lowest BCUT2D eigenvalue weighted by molar-refractivity contribution is -0.118. The van der Waals surface area contributed by atoms with E-state index in [1.54, 1.807) is 30.3 Å². The third kappa shape index (κ3) is 4.75. The number of aromatic carboxylic acids is 1. The lowest BCUT2D eigenvalue weighted by Crippen LogP contribution is -2.31. The summed E-state index contributed by atoms with van der Waals surface area (Å²) < 4.78 is 25.9. The largest absolute Gasteiger partial charge is 0.489 e. The van der Waals surface area contributed by atoms with Crippen molar-refractivity contribution < 1.29 is 28.3 Å². The number of hydrogen-bond acceptors (Lipinski definition) is 5. The summed E-state index contributed by atoms with van der Waals surface area (Å²) in [6.45, 7) is 0.174. The maximum Gasteiger partial charge on any atom is 0.338 e. The second-order valence-electron chi connectivity index (χ2n) is 9.52. The molecule has 6 rings (SSSR count). The minimum atomic E-state index is -1.40. The van der Waals surface area contributed by atoms with Gasteiger partial charge in [0.15, 0.2) is 0 Å². The molecule has 1 aromatic heterocycles. The number of carboxylic acids is 1. The summed E-state index contributed by atoms with van der Waals surface area (Å²) in [6, 6.07) is 14.2. The molecule has 0 atom stereocenters. The Morgan fingerprint density at radius 3 is 2.59 bits per heavy atom. The van der Waals surface area contributed by atoms with Gasteiger partial charge in [0.2, 0.25) is 5.91 Å². The van der Waals surface area contributed by atoms with E-state index in [-0.39, 0.29) is 30.5 Å². The first-order valence-corrected chi connectivity index (χ1v) is 13.1. The molecule has 0 radical (unpaired) electrons. The molecule has 1 amide bonds. The number of carbonyl (C=O) groups excluding carboxylic acids is 1. The Hall–Kier alpha value is -3.88. The first-order valence-electron chi connectivity index (χ1n) is 12.4. The third-order valence-electron chi connectivity index (χ3n) is 6.94. The lowest BCUT2D eigenvalue weighted by Gasteiger charge is -2.30. The average Bonchev–Trinajstić information content (AvgIpc) is 3.68. The van der Waals surface area contributed by atoms with Gasteiger partial charge in [-0.15, -0.1) is 0 Å². The van der Waals surface area contributed by atoms with Gasteiger partial charge in [-0.3, -0.25) is 9.69 Å². The molecule has 2 heterocycles. The Morgan fingerprint density at radius 2 is 1.87 bits per heavy atom. The van der Waals surface area contributed by atoms with E-state index in [4.69, 9.17) is 32.5 Å². The van der Waals surface area contributed by atoms with Crippen LogP contribution >= 0.6 is 23.2 Å². The zero-order chi connectivity index (χ0) is 27.3. The molecule has 4 aromatic rings. The highest BCUT2D eigenvalue weighted by Crippen LogP contribution is 2.46. The molecule has 1 aliphatic heterocycles. The summed E-state index contributed by atoms with van der Waals surface area (Å²) >= 11 is 12.9. The Morgan fingerprint density at radius 1 is 1.10 bits per heavy atom. The second-order valence-corrected chi connectivity index (χ2v) is 10.3. The van der Waals surface area contributed by atoms with E-state index >= 15 is 0 Å². The number of fused-ring (bicyclic) bond motifs is 1. The van der Waals surface area contributed by atoms with Crippen LogP contribution in [0.3, 0.4) is 0 Å². The van der Waals surface area contributed by atoms with Gasteiger partial charge in [-0.25, -0.2) is 9.18 Å². The molecule has 39 heavy (non-hydrogen) atoms. The Bertz CT molecular complexity index is 1610. The van der Waals surface area contributed by atoms with Gasteiger partial charge >= 0.3 is 5.97 Å². The van der Waals surface area contributed by atoms with Gasteiger partial charge in [0.25, 0.3) is 0 Å². The monoisotopic (exact) mass is 566 g/mol. The first-order chi connectivity index (χ1) is 18.8. The summed E-state index contributed by atoms with van der Waals surface area (Å²) in [5.41, 5.74) is 3.15. The number of nitrogens with zero attached hydrogens (tertiary/aromatic N) is 2. The molecule has 1 saturated carbocycles. The van der Waals surface area contributed by atoms with Crippen LogP contribution in [-0.2, 0) is 17.8 Å². The summed E-state index contributed by atoms with van der Waals surface area (Å²) in [5.74, 6) is -0.857. The predicted octanol–water partition coefficient (Wildman–Crippen LogP) is 7.55.